The predicted molar refractivity (Wildman–Crippen MR) is 109 cm³/mol. The monoisotopic (exact) mass is 441 g/mol. The molecule has 1 atom stereocenters. The van der Waals surface area contributed by atoms with Crippen LogP contribution in [0.5, 0.6) is 0 Å². The van der Waals surface area contributed by atoms with Crippen LogP contribution in [0.15, 0.2) is 47.4 Å². The molecule has 0 bridgehead atoms. The molecule has 0 amide bonds. The van der Waals surface area contributed by atoms with E-state index < -0.39 is 10.0 Å². The van der Waals surface area contributed by atoms with Crippen LogP contribution in [0, 0.1) is 0 Å². The Balaban J connectivity index is 1.82. The van der Waals surface area contributed by atoms with Crippen molar-refractivity contribution in [3.63, 3.8) is 0 Å². The van der Waals surface area contributed by atoms with E-state index >= 15 is 0 Å². The first-order valence-electron chi connectivity index (χ1n) is 8.92. The van der Waals surface area contributed by atoms with E-state index in [-0.39, 0.29) is 28.2 Å². The van der Waals surface area contributed by atoms with Crippen LogP contribution in [0.25, 0.3) is 0 Å². The lowest BCUT2D eigenvalue weighted by Gasteiger charge is -2.32. The SMILES string of the molecule is COC(=O)Cc1cccc(C2CCCN(S(=O)(=O)c3ccc(Cl)cc3Cl)C2)c1. The number of halogens is 2. The first-order valence-corrected chi connectivity index (χ1v) is 11.1. The van der Waals surface area contributed by atoms with Gasteiger partial charge in [-0.25, -0.2) is 8.42 Å². The highest BCUT2D eigenvalue weighted by molar-refractivity contribution is 7.89. The molecule has 1 unspecified atom stereocenters. The summed E-state index contributed by atoms with van der Waals surface area (Å²) in [4.78, 5) is 11.6. The maximum atomic E-state index is 13.1. The average Bonchev–Trinajstić information content (AvgIpc) is 2.68. The van der Waals surface area contributed by atoms with Crippen molar-refractivity contribution in [2.75, 3.05) is 20.2 Å². The number of sulfonamides is 1. The standard InChI is InChI=1S/C20H21Cl2NO4S/c1-27-20(24)11-14-4-2-5-15(10-14)16-6-3-9-23(13-16)28(25,26)19-8-7-17(21)12-18(19)22/h2,4-5,7-8,10,12,16H,3,6,9,11,13H2,1H3. The van der Waals surface area contributed by atoms with E-state index in [0.717, 1.165) is 24.0 Å². The zero-order valence-corrected chi connectivity index (χ0v) is 17.7. The number of rotatable bonds is 5. The molecule has 0 aliphatic carbocycles. The summed E-state index contributed by atoms with van der Waals surface area (Å²) >= 11 is 12.0. The number of piperidine rings is 1. The number of carbonyl (C=O) groups excluding carboxylic acids is 1. The number of carbonyl (C=O) groups is 1. The van der Waals surface area contributed by atoms with Gasteiger partial charge < -0.3 is 4.74 Å². The Morgan fingerprint density at radius 3 is 2.71 bits per heavy atom. The fourth-order valence-electron chi connectivity index (χ4n) is 3.45. The van der Waals surface area contributed by atoms with Crippen molar-refractivity contribution in [1.29, 1.82) is 0 Å². The van der Waals surface area contributed by atoms with E-state index in [1.54, 1.807) is 0 Å². The van der Waals surface area contributed by atoms with Crippen molar-refractivity contribution in [1.82, 2.24) is 4.31 Å². The van der Waals surface area contributed by atoms with Gasteiger partial charge >= 0.3 is 5.97 Å². The van der Waals surface area contributed by atoms with Crippen molar-refractivity contribution in [2.45, 2.75) is 30.1 Å². The maximum Gasteiger partial charge on any atom is 0.309 e. The number of benzene rings is 2. The van der Waals surface area contributed by atoms with Crippen molar-refractivity contribution in [3.05, 3.63) is 63.6 Å². The molecule has 1 fully saturated rings. The maximum absolute atomic E-state index is 13.1. The predicted octanol–water partition coefficient (Wildman–Crippen LogP) is 4.28. The molecule has 0 aromatic heterocycles. The van der Waals surface area contributed by atoms with E-state index in [1.807, 2.05) is 24.3 Å². The van der Waals surface area contributed by atoms with E-state index in [0.29, 0.717) is 18.1 Å². The fourth-order valence-corrected chi connectivity index (χ4v) is 5.72. The third-order valence-corrected chi connectivity index (χ3v) is 7.48. The van der Waals surface area contributed by atoms with Gasteiger partial charge in [0.25, 0.3) is 0 Å². The van der Waals surface area contributed by atoms with Crippen LogP contribution in [-0.4, -0.2) is 38.9 Å². The van der Waals surface area contributed by atoms with Crippen LogP contribution in [0.2, 0.25) is 10.0 Å². The molecule has 150 valence electrons. The molecule has 1 aliphatic rings. The molecule has 8 heteroatoms. The summed E-state index contributed by atoms with van der Waals surface area (Å²) in [6, 6.07) is 12.1. The molecule has 1 heterocycles. The lowest BCUT2D eigenvalue weighted by atomic mass is 9.90. The lowest BCUT2D eigenvalue weighted by Crippen LogP contribution is -2.39. The second kappa shape index (κ2) is 8.82. The molecular weight excluding hydrogens is 421 g/mol. The van der Waals surface area contributed by atoms with Gasteiger partial charge in [0, 0.05) is 18.1 Å². The first-order chi connectivity index (χ1) is 13.3. The molecule has 0 saturated carbocycles. The van der Waals surface area contributed by atoms with Crippen LogP contribution in [0.1, 0.15) is 29.9 Å². The minimum absolute atomic E-state index is 0.0483. The fraction of sp³-hybridized carbons (Fsp3) is 0.350. The Labute approximate surface area is 175 Å². The summed E-state index contributed by atoms with van der Waals surface area (Å²) in [5.74, 6) is -0.255. The Morgan fingerprint density at radius 2 is 2.00 bits per heavy atom. The second-order valence-corrected chi connectivity index (χ2v) is 9.52. The zero-order chi connectivity index (χ0) is 20.3. The third-order valence-electron chi connectivity index (χ3n) is 4.89. The van der Waals surface area contributed by atoms with Gasteiger partial charge in [0.2, 0.25) is 10.0 Å². The van der Waals surface area contributed by atoms with Crippen molar-refractivity contribution >= 4 is 39.2 Å². The number of nitrogens with zero attached hydrogens (tertiary/aromatic N) is 1. The van der Waals surface area contributed by atoms with Gasteiger partial charge in [-0.3, -0.25) is 4.79 Å². The summed E-state index contributed by atoms with van der Waals surface area (Å²) in [7, 11) is -2.36. The highest BCUT2D eigenvalue weighted by Crippen LogP contribution is 2.33. The smallest absolute Gasteiger partial charge is 0.309 e. The van der Waals surface area contributed by atoms with Gasteiger partial charge in [0.1, 0.15) is 4.90 Å². The van der Waals surface area contributed by atoms with Crippen LogP contribution >= 0.6 is 23.2 Å². The van der Waals surface area contributed by atoms with Crippen LogP contribution in [0.4, 0.5) is 0 Å². The Bertz CT molecular complexity index is 978. The lowest BCUT2D eigenvalue weighted by molar-refractivity contribution is -0.139. The van der Waals surface area contributed by atoms with Crippen molar-refractivity contribution in [3.8, 4) is 0 Å². The zero-order valence-electron chi connectivity index (χ0n) is 15.4. The number of esters is 1. The Morgan fingerprint density at radius 1 is 1.21 bits per heavy atom. The minimum Gasteiger partial charge on any atom is -0.469 e. The summed E-state index contributed by atoms with van der Waals surface area (Å²) in [6.45, 7) is 0.808. The summed E-state index contributed by atoms with van der Waals surface area (Å²) < 4.78 is 32.4. The van der Waals surface area contributed by atoms with Gasteiger partial charge in [-0.05, 0) is 48.1 Å². The normalized spacial score (nSPS) is 18.0. The molecule has 0 radical (unpaired) electrons. The molecular formula is C20H21Cl2NO4S. The summed E-state index contributed by atoms with van der Waals surface area (Å²) in [5, 5.41) is 0.512. The van der Waals surface area contributed by atoms with Gasteiger partial charge in [-0.2, -0.15) is 4.31 Å². The topological polar surface area (TPSA) is 63.7 Å². The Kier molecular flexibility index (Phi) is 6.65. The van der Waals surface area contributed by atoms with Crippen LogP contribution < -0.4 is 0 Å². The molecule has 3 rings (SSSR count). The van der Waals surface area contributed by atoms with Gasteiger partial charge in [0.05, 0.1) is 18.6 Å². The molecule has 0 N–H and O–H groups in total. The van der Waals surface area contributed by atoms with Crippen molar-refractivity contribution < 1.29 is 17.9 Å². The first kappa shape index (κ1) is 21.1. The molecule has 1 saturated heterocycles. The molecule has 5 nitrogen and oxygen atoms in total. The number of methoxy groups -OCH3 is 1. The van der Waals surface area contributed by atoms with Gasteiger partial charge in [-0.15, -0.1) is 0 Å². The third kappa shape index (κ3) is 4.69. The second-order valence-electron chi connectivity index (χ2n) is 6.77. The number of ether oxygens (including phenoxy) is 1. The molecule has 28 heavy (non-hydrogen) atoms. The number of hydrogen-bond acceptors (Lipinski definition) is 4. The molecule has 2 aromatic rings. The summed E-state index contributed by atoms with van der Waals surface area (Å²) in [5.41, 5.74) is 1.87. The van der Waals surface area contributed by atoms with Gasteiger partial charge in [-0.1, -0.05) is 47.5 Å². The van der Waals surface area contributed by atoms with Crippen LogP contribution in [-0.2, 0) is 26.0 Å². The average molecular weight is 442 g/mol. The Hall–Kier alpha value is -1.60. The van der Waals surface area contributed by atoms with E-state index in [2.05, 4.69) is 0 Å². The van der Waals surface area contributed by atoms with Crippen LogP contribution in [0.3, 0.4) is 0 Å². The number of hydrogen-bond donors (Lipinski definition) is 0. The quantitative estimate of drug-likeness (QED) is 0.649. The van der Waals surface area contributed by atoms with E-state index in [9.17, 15) is 13.2 Å². The molecule has 2 aromatic carbocycles. The highest BCUT2D eigenvalue weighted by Gasteiger charge is 2.32. The summed E-state index contributed by atoms with van der Waals surface area (Å²) in [6.07, 6.45) is 1.82. The highest BCUT2D eigenvalue weighted by atomic mass is 35.5. The minimum atomic E-state index is -3.71. The van der Waals surface area contributed by atoms with Gasteiger partial charge in [0.15, 0.2) is 0 Å². The van der Waals surface area contributed by atoms with E-state index in [4.69, 9.17) is 27.9 Å². The molecule has 1 aliphatic heterocycles. The largest absolute Gasteiger partial charge is 0.469 e. The molecule has 0 spiro atoms. The van der Waals surface area contributed by atoms with E-state index in [1.165, 1.54) is 29.6 Å². The van der Waals surface area contributed by atoms with Crippen molar-refractivity contribution in [2.24, 2.45) is 0 Å².